The molecular formula is C24H34O9. The van der Waals surface area contributed by atoms with Crippen LogP contribution in [0.5, 0.6) is 0 Å². The van der Waals surface area contributed by atoms with Crippen LogP contribution < -0.4 is 0 Å². The number of fused-ring (bicyclic) bond motifs is 2. The normalized spacial score (nSPS) is 43.0. The molecule has 9 nitrogen and oxygen atoms in total. The second kappa shape index (κ2) is 8.06. The first-order valence-electron chi connectivity index (χ1n) is 11.5. The third-order valence-electron chi connectivity index (χ3n) is 8.00. The molecule has 8 atom stereocenters. The number of epoxide rings is 1. The predicted molar refractivity (Wildman–Crippen MR) is 114 cm³/mol. The summed E-state index contributed by atoms with van der Waals surface area (Å²) in [7, 11) is 0. The first-order chi connectivity index (χ1) is 15.4. The van der Waals surface area contributed by atoms with Gasteiger partial charge >= 0.3 is 17.9 Å². The Hall–Kier alpha value is -1.97. The number of aliphatic hydroxyl groups is 1. The van der Waals surface area contributed by atoms with Crippen LogP contribution >= 0.6 is 0 Å². The Balaban J connectivity index is 1.79. The van der Waals surface area contributed by atoms with Gasteiger partial charge in [0.2, 0.25) is 0 Å². The minimum atomic E-state index is -1.11. The van der Waals surface area contributed by atoms with Crippen molar-refractivity contribution in [2.75, 3.05) is 13.2 Å². The molecule has 0 radical (unpaired) electrons. The maximum Gasteiger partial charge on any atom is 0.306 e. The van der Waals surface area contributed by atoms with Gasteiger partial charge in [0.05, 0.1) is 23.5 Å². The Morgan fingerprint density at radius 3 is 2.42 bits per heavy atom. The Morgan fingerprint density at radius 1 is 1.21 bits per heavy atom. The van der Waals surface area contributed by atoms with Gasteiger partial charge in [0.25, 0.3) is 0 Å². The Kier molecular flexibility index (Phi) is 5.90. The van der Waals surface area contributed by atoms with Gasteiger partial charge in [-0.3, -0.25) is 14.4 Å². The van der Waals surface area contributed by atoms with Crippen molar-refractivity contribution in [2.45, 2.75) is 90.5 Å². The Morgan fingerprint density at radius 2 is 1.88 bits per heavy atom. The molecule has 3 fully saturated rings. The second-order valence-corrected chi connectivity index (χ2v) is 10.5. The number of esters is 3. The molecule has 0 aromatic rings. The lowest BCUT2D eigenvalue weighted by Crippen LogP contribution is -2.68. The van der Waals surface area contributed by atoms with E-state index in [9.17, 15) is 19.5 Å². The fourth-order valence-electron chi connectivity index (χ4n) is 6.26. The number of ether oxygens (including phenoxy) is 5. The third-order valence-corrected chi connectivity index (χ3v) is 8.00. The van der Waals surface area contributed by atoms with Crippen LogP contribution in [0.15, 0.2) is 11.6 Å². The molecule has 2 bridgehead atoms. The topological polar surface area (TPSA) is 121 Å². The van der Waals surface area contributed by atoms with Crippen molar-refractivity contribution in [2.24, 2.45) is 16.7 Å². The molecule has 1 saturated carbocycles. The molecule has 4 unspecified atom stereocenters. The van der Waals surface area contributed by atoms with Crippen molar-refractivity contribution in [1.29, 1.82) is 0 Å². The highest BCUT2D eigenvalue weighted by molar-refractivity contribution is 5.70. The first-order valence-corrected chi connectivity index (χ1v) is 11.5. The summed E-state index contributed by atoms with van der Waals surface area (Å²) in [6.45, 7) is 10.5. The quantitative estimate of drug-likeness (QED) is 0.270. The lowest BCUT2D eigenvalue weighted by atomic mass is 9.51. The average molecular weight is 467 g/mol. The van der Waals surface area contributed by atoms with Crippen LogP contribution in [-0.4, -0.2) is 72.3 Å². The van der Waals surface area contributed by atoms with Gasteiger partial charge in [0.1, 0.15) is 36.6 Å². The van der Waals surface area contributed by atoms with Gasteiger partial charge < -0.3 is 28.8 Å². The summed E-state index contributed by atoms with van der Waals surface area (Å²) in [4.78, 5) is 36.4. The maximum absolute atomic E-state index is 12.5. The van der Waals surface area contributed by atoms with Crippen molar-refractivity contribution in [1.82, 2.24) is 0 Å². The summed E-state index contributed by atoms with van der Waals surface area (Å²) in [6.07, 6.45) is -1.46. The molecule has 2 saturated heterocycles. The highest BCUT2D eigenvalue weighted by atomic mass is 16.7. The van der Waals surface area contributed by atoms with Gasteiger partial charge in [0.15, 0.2) is 0 Å². The van der Waals surface area contributed by atoms with E-state index in [1.165, 1.54) is 13.8 Å². The smallest absolute Gasteiger partial charge is 0.306 e. The molecule has 4 aliphatic rings. The van der Waals surface area contributed by atoms with Crippen molar-refractivity contribution in [3.05, 3.63) is 11.6 Å². The molecule has 9 heteroatoms. The maximum atomic E-state index is 12.5. The van der Waals surface area contributed by atoms with Crippen LogP contribution in [0, 0.1) is 16.7 Å². The minimum absolute atomic E-state index is 0.0617. The van der Waals surface area contributed by atoms with Crippen LogP contribution in [0.3, 0.4) is 0 Å². The number of aliphatic hydroxyl groups excluding tert-OH is 1. The highest BCUT2D eigenvalue weighted by Gasteiger charge is 2.86. The molecule has 1 spiro atoms. The van der Waals surface area contributed by atoms with E-state index in [0.717, 1.165) is 5.57 Å². The van der Waals surface area contributed by atoms with Crippen molar-refractivity contribution in [3.8, 4) is 0 Å². The molecule has 1 N–H and O–H groups in total. The van der Waals surface area contributed by atoms with E-state index in [2.05, 4.69) is 0 Å². The van der Waals surface area contributed by atoms with E-state index < -0.39 is 58.9 Å². The molecule has 4 rings (SSSR count). The van der Waals surface area contributed by atoms with Gasteiger partial charge in [-0.05, 0) is 18.4 Å². The highest BCUT2D eigenvalue weighted by Crippen LogP contribution is 2.72. The number of carbonyl (C=O) groups excluding carboxylic acids is 3. The molecule has 2 aliphatic heterocycles. The van der Waals surface area contributed by atoms with Crippen molar-refractivity contribution in [3.63, 3.8) is 0 Å². The Labute approximate surface area is 193 Å². The first kappa shape index (κ1) is 24.2. The summed E-state index contributed by atoms with van der Waals surface area (Å²) in [5.74, 6) is -1.18. The summed E-state index contributed by atoms with van der Waals surface area (Å²) in [6, 6.07) is 0. The summed E-state index contributed by atoms with van der Waals surface area (Å²) >= 11 is 0. The molecule has 0 aromatic carbocycles. The number of hydrogen-bond donors (Lipinski definition) is 1. The largest absolute Gasteiger partial charge is 0.465 e. The molecule has 2 heterocycles. The minimum Gasteiger partial charge on any atom is -0.465 e. The van der Waals surface area contributed by atoms with Crippen LogP contribution in [0.1, 0.15) is 54.4 Å². The standard InChI is InChI=1S/C24H34O9/c1-12(2)7-18(27)32-16-9-23(10-29-14(4)25)17(8-13(16)3)33-21-19(28)20(31-15(5)26)22(23,6)24(21)11-30-24/h8,12,16-17,19-21,28H,7,9-11H2,1-6H3/t16?,17-,19?,20?,21-,22-,23-,24?/m1/s1. The van der Waals surface area contributed by atoms with E-state index in [0.29, 0.717) is 6.61 Å². The number of carbonyl (C=O) groups is 3. The zero-order valence-corrected chi connectivity index (χ0v) is 20.1. The fraction of sp³-hybridized carbons (Fsp3) is 0.792. The van der Waals surface area contributed by atoms with Crippen molar-refractivity contribution < 1.29 is 43.2 Å². The van der Waals surface area contributed by atoms with Crippen LogP contribution in [0.4, 0.5) is 0 Å². The third kappa shape index (κ3) is 3.51. The van der Waals surface area contributed by atoms with Gasteiger partial charge in [0, 0.05) is 26.7 Å². The lowest BCUT2D eigenvalue weighted by molar-refractivity contribution is -0.241. The molecule has 33 heavy (non-hydrogen) atoms. The van der Waals surface area contributed by atoms with Gasteiger partial charge in [-0.25, -0.2) is 0 Å². The van der Waals surface area contributed by atoms with Gasteiger partial charge in [-0.15, -0.1) is 0 Å². The lowest BCUT2D eigenvalue weighted by Gasteiger charge is -2.58. The molecule has 2 aliphatic carbocycles. The van der Waals surface area contributed by atoms with Crippen molar-refractivity contribution >= 4 is 17.9 Å². The SMILES string of the molecule is CC(=O)OC[C@]12CC(OC(=O)CC(C)C)C(C)=C[C@H]1O[C@@H]1C(O)C(OC(C)=O)[C@@]2(C)C12CO2. The second-order valence-electron chi connectivity index (χ2n) is 10.5. The van der Waals surface area contributed by atoms with Crippen LogP contribution in [0.2, 0.25) is 0 Å². The van der Waals surface area contributed by atoms with Crippen LogP contribution in [-0.2, 0) is 38.1 Å². The van der Waals surface area contributed by atoms with E-state index >= 15 is 0 Å². The Bertz CT molecular complexity index is 875. The van der Waals surface area contributed by atoms with E-state index in [1.54, 1.807) is 0 Å². The van der Waals surface area contributed by atoms with Crippen LogP contribution in [0.25, 0.3) is 0 Å². The molecular weight excluding hydrogens is 432 g/mol. The van der Waals surface area contributed by atoms with Gasteiger partial charge in [-0.2, -0.15) is 0 Å². The van der Waals surface area contributed by atoms with E-state index in [1.807, 2.05) is 33.8 Å². The summed E-state index contributed by atoms with van der Waals surface area (Å²) < 4.78 is 29.4. The summed E-state index contributed by atoms with van der Waals surface area (Å²) in [5, 5.41) is 11.2. The predicted octanol–water partition coefficient (Wildman–Crippen LogP) is 1.69. The van der Waals surface area contributed by atoms with Gasteiger partial charge in [-0.1, -0.05) is 26.8 Å². The zero-order chi connectivity index (χ0) is 24.3. The monoisotopic (exact) mass is 466 g/mol. The molecule has 0 aromatic heterocycles. The summed E-state index contributed by atoms with van der Waals surface area (Å²) in [5.41, 5.74) is -2.00. The average Bonchev–Trinajstić information content (AvgIpc) is 3.48. The fourth-order valence-corrected chi connectivity index (χ4v) is 6.26. The molecule has 184 valence electrons. The van der Waals surface area contributed by atoms with E-state index in [4.69, 9.17) is 23.7 Å². The number of rotatable bonds is 6. The molecule has 0 amide bonds. The zero-order valence-electron chi connectivity index (χ0n) is 20.1. The van der Waals surface area contributed by atoms with E-state index in [-0.39, 0.29) is 31.3 Å². The number of hydrogen-bond acceptors (Lipinski definition) is 9.